The van der Waals surface area contributed by atoms with Gasteiger partial charge >= 0.3 is 0 Å². The van der Waals surface area contributed by atoms with Crippen molar-refractivity contribution in [3.8, 4) is 0 Å². The van der Waals surface area contributed by atoms with Crippen LogP contribution in [0.2, 0.25) is 5.15 Å². The average molecular weight is 251 g/mol. The third-order valence-electron chi connectivity index (χ3n) is 2.08. The monoisotopic (exact) mass is 250 g/mol. The first kappa shape index (κ1) is 11.4. The van der Waals surface area contributed by atoms with Gasteiger partial charge in [0.05, 0.1) is 0 Å². The van der Waals surface area contributed by atoms with E-state index in [4.69, 9.17) is 11.6 Å². The Hall–Kier alpha value is -1.06. The van der Waals surface area contributed by atoms with Crippen molar-refractivity contribution < 1.29 is 0 Å². The topological polar surface area (TPSA) is 25.8 Å². The fourth-order valence-electron chi connectivity index (χ4n) is 1.36. The first-order chi connectivity index (χ1) is 7.75. The predicted octanol–water partition coefficient (Wildman–Crippen LogP) is 3.73. The van der Waals surface area contributed by atoms with E-state index in [-0.39, 0.29) is 0 Å². The number of thioether (sulfide) groups is 1. The zero-order chi connectivity index (χ0) is 11.4. The van der Waals surface area contributed by atoms with Gasteiger partial charge in [-0.3, -0.25) is 0 Å². The number of hydrogen-bond acceptors (Lipinski definition) is 3. The van der Waals surface area contributed by atoms with Gasteiger partial charge in [0.15, 0.2) is 5.15 Å². The lowest BCUT2D eigenvalue weighted by molar-refractivity contribution is 1.05. The van der Waals surface area contributed by atoms with Crippen molar-refractivity contribution in [1.29, 1.82) is 0 Å². The smallest absolute Gasteiger partial charge is 0.161 e. The zero-order valence-corrected chi connectivity index (χ0v) is 10.4. The molecule has 0 aliphatic rings. The molecule has 1 aromatic carbocycles. The summed E-state index contributed by atoms with van der Waals surface area (Å²) in [5, 5.41) is 1.26. The minimum atomic E-state index is 0.472. The molecular formula is C12H11ClN2S. The van der Waals surface area contributed by atoms with Crippen LogP contribution in [0.4, 0.5) is 0 Å². The molecule has 0 spiro atoms. The fourth-order valence-corrected chi connectivity index (χ4v) is 2.42. The van der Waals surface area contributed by atoms with Gasteiger partial charge in [-0.2, -0.15) is 0 Å². The van der Waals surface area contributed by atoms with Gasteiger partial charge in [0.1, 0.15) is 5.03 Å². The maximum absolute atomic E-state index is 5.93. The van der Waals surface area contributed by atoms with Gasteiger partial charge in [0.2, 0.25) is 0 Å². The second kappa shape index (κ2) is 5.32. The van der Waals surface area contributed by atoms with Crippen molar-refractivity contribution in [2.24, 2.45) is 0 Å². The van der Waals surface area contributed by atoms with Crippen molar-refractivity contribution in [1.82, 2.24) is 9.97 Å². The van der Waals surface area contributed by atoms with E-state index in [1.165, 1.54) is 11.1 Å². The van der Waals surface area contributed by atoms with Crippen LogP contribution in [-0.2, 0) is 5.75 Å². The Balaban J connectivity index is 2.05. The molecule has 0 aliphatic carbocycles. The molecular weight excluding hydrogens is 240 g/mol. The predicted molar refractivity (Wildman–Crippen MR) is 67.8 cm³/mol. The van der Waals surface area contributed by atoms with Gasteiger partial charge in [0.25, 0.3) is 0 Å². The summed E-state index contributed by atoms with van der Waals surface area (Å²) in [5.74, 6) is 0.861. The van der Waals surface area contributed by atoms with E-state index in [1.807, 2.05) is 0 Å². The van der Waals surface area contributed by atoms with Gasteiger partial charge in [-0.1, -0.05) is 53.2 Å². The van der Waals surface area contributed by atoms with E-state index in [9.17, 15) is 0 Å². The van der Waals surface area contributed by atoms with Crippen LogP contribution in [0.25, 0.3) is 0 Å². The lowest BCUT2D eigenvalue weighted by atomic mass is 10.2. The van der Waals surface area contributed by atoms with Crippen molar-refractivity contribution >= 4 is 23.4 Å². The number of halogens is 1. The fraction of sp³-hybridized carbons (Fsp3) is 0.167. The highest BCUT2D eigenvalue weighted by molar-refractivity contribution is 7.98. The molecule has 0 radical (unpaired) electrons. The first-order valence-corrected chi connectivity index (χ1v) is 6.27. The van der Waals surface area contributed by atoms with Crippen molar-refractivity contribution in [2.45, 2.75) is 17.7 Å². The van der Waals surface area contributed by atoms with Crippen molar-refractivity contribution in [2.75, 3.05) is 0 Å². The molecule has 1 heterocycles. The molecule has 4 heteroatoms. The molecule has 0 aliphatic heterocycles. The number of hydrogen-bond donors (Lipinski definition) is 0. The molecule has 0 atom stereocenters. The number of aryl methyl sites for hydroxylation is 1. The molecule has 2 aromatic rings. The Morgan fingerprint density at radius 2 is 2.06 bits per heavy atom. The number of benzene rings is 1. The molecule has 0 N–H and O–H groups in total. The van der Waals surface area contributed by atoms with Crippen LogP contribution in [-0.4, -0.2) is 9.97 Å². The minimum Gasteiger partial charge on any atom is -0.245 e. The first-order valence-electron chi connectivity index (χ1n) is 4.90. The summed E-state index contributed by atoms with van der Waals surface area (Å²) in [7, 11) is 0. The van der Waals surface area contributed by atoms with E-state index in [0.717, 1.165) is 10.8 Å². The molecule has 2 nitrogen and oxygen atoms in total. The standard InChI is InChI=1S/C12H11ClN2S/c1-9-3-2-4-10(7-9)8-16-12-11(13)14-5-6-15-12/h2-7H,8H2,1H3. The molecule has 0 unspecified atom stereocenters. The van der Waals surface area contributed by atoms with Crippen molar-refractivity contribution in [3.05, 3.63) is 52.9 Å². The van der Waals surface area contributed by atoms with Crippen LogP contribution in [0.3, 0.4) is 0 Å². The molecule has 2 rings (SSSR count). The molecule has 0 fully saturated rings. The van der Waals surface area contributed by atoms with E-state index in [2.05, 4.69) is 41.2 Å². The lowest BCUT2D eigenvalue weighted by Crippen LogP contribution is -1.86. The summed E-state index contributed by atoms with van der Waals surface area (Å²) in [6, 6.07) is 8.41. The zero-order valence-electron chi connectivity index (χ0n) is 8.85. The van der Waals surface area contributed by atoms with Gasteiger partial charge in [-0.15, -0.1) is 0 Å². The summed E-state index contributed by atoms with van der Waals surface area (Å²) >= 11 is 7.53. The highest BCUT2D eigenvalue weighted by Crippen LogP contribution is 2.25. The summed E-state index contributed by atoms with van der Waals surface area (Å²) in [6.07, 6.45) is 3.25. The second-order valence-electron chi connectivity index (χ2n) is 3.43. The summed E-state index contributed by atoms with van der Waals surface area (Å²) in [6.45, 7) is 2.09. The lowest BCUT2D eigenvalue weighted by Gasteiger charge is -2.03. The van der Waals surface area contributed by atoms with E-state index in [0.29, 0.717) is 5.15 Å². The van der Waals surface area contributed by atoms with Crippen LogP contribution in [0, 0.1) is 6.92 Å². The molecule has 0 saturated carbocycles. The Labute approximate surface area is 104 Å². The largest absolute Gasteiger partial charge is 0.245 e. The molecule has 16 heavy (non-hydrogen) atoms. The molecule has 0 saturated heterocycles. The third-order valence-corrected chi connectivity index (χ3v) is 3.52. The molecule has 0 amide bonds. The Morgan fingerprint density at radius 1 is 1.25 bits per heavy atom. The van der Waals surface area contributed by atoms with Crippen LogP contribution in [0.15, 0.2) is 41.7 Å². The molecule has 82 valence electrons. The number of nitrogens with zero attached hydrogens (tertiary/aromatic N) is 2. The van der Waals surface area contributed by atoms with Crippen molar-refractivity contribution in [3.63, 3.8) is 0 Å². The van der Waals surface area contributed by atoms with Gasteiger partial charge in [0, 0.05) is 18.1 Å². The summed E-state index contributed by atoms with van der Waals surface area (Å²) in [4.78, 5) is 8.18. The molecule has 0 bridgehead atoms. The maximum atomic E-state index is 5.93. The Kier molecular flexibility index (Phi) is 3.80. The summed E-state index contributed by atoms with van der Waals surface area (Å²) in [5.41, 5.74) is 2.54. The normalized spacial score (nSPS) is 10.4. The SMILES string of the molecule is Cc1cccc(CSc2nccnc2Cl)c1. The average Bonchev–Trinajstić information content (AvgIpc) is 2.28. The van der Waals surface area contributed by atoms with Crippen LogP contribution >= 0.6 is 23.4 Å². The number of rotatable bonds is 3. The maximum Gasteiger partial charge on any atom is 0.161 e. The summed E-state index contributed by atoms with van der Waals surface area (Å²) < 4.78 is 0. The highest BCUT2D eigenvalue weighted by Gasteiger charge is 2.03. The minimum absolute atomic E-state index is 0.472. The second-order valence-corrected chi connectivity index (χ2v) is 4.75. The van der Waals surface area contributed by atoms with Crippen LogP contribution in [0.5, 0.6) is 0 Å². The quantitative estimate of drug-likeness (QED) is 0.777. The third kappa shape index (κ3) is 2.97. The van der Waals surface area contributed by atoms with E-state index in [1.54, 1.807) is 24.2 Å². The van der Waals surface area contributed by atoms with Gasteiger partial charge in [-0.25, -0.2) is 9.97 Å². The van der Waals surface area contributed by atoms with E-state index >= 15 is 0 Å². The van der Waals surface area contributed by atoms with Gasteiger partial charge in [-0.05, 0) is 12.5 Å². The molecule has 1 aromatic heterocycles. The highest BCUT2D eigenvalue weighted by atomic mass is 35.5. The Bertz CT molecular complexity index is 488. The van der Waals surface area contributed by atoms with E-state index < -0.39 is 0 Å². The number of aromatic nitrogens is 2. The van der Waals surface area contributed by atoms with Crippen LogP contribution < -0.4 is 0 Å². The van der Waals surface area contributed by atoms with Gasteiger partial charge < -0.3 is 0 Å². The Morgan fingerprint density at radius 3 is 2.81 bits per heavy atom. The van der Waals surface area contributed by atoms with Crippen LogP contribution in [0.1, 0.15) is 11.1 Å².